The van der Waals surface area contributed by atoms with Crippen molar-refractivity contribution >= 4 is 15.7 Å². The zero-order valence-corrected chi connectivity index (χ0v) is 7.92. The minimum absolute atomic E-state index is 0.426. The molecule has 0 N–H and O–H groups in total. The fourth-order valence-corrected chi connectivity index (χ4v) is 3.07. The van der Waals surface area contributed by atoms with E-state index in [2.05, 4.69) is 0 Å². The van der Waals surface area contributed by atoms with E-state index < -0.39 is 5.21 Å². The Morgan fingerprint density at radius 2 is 1.58 bits per heavy atom. The van der Waals surface area contributed by atoms with Crippen LogP contribution in [0.1, 0.15) is 39.0 Å². The second kappa shape index (κ2) is 2.82. The number of rotatable bonds is 1. The van der Waals surface area contributed by atoms with Crippen LogP contribution in [0.4, 0.5) is 0 Å². The van der Waals surface area contributed by atoms with Crippen LogP contribution in [0.5, 0.6) is 0 Å². The van der Waals surface area contributed by atoms with Gasteiger partial charge in [0.2, 0.25) is 0 Å². The van der Waals surface area contributed by atoms with Gasteiger partial charge in [-0.1, -0.05) is 37.3 Å². The lowest BCUT2D eigenvalue weighted by Gasteiger charge is -2.28. The summed E-state index contributed by atoms with van der Waals surface area (Å²) in [6.45, 7) is 1.97. The monoisotopic (exact) mass is 158 g/mol. The second-order valence-corrected chi connectivity index (χ2v) is 4.99. The fraction of sp³-hybridized carbons (Fsp3) is 1.00. The van der Waals surface area contributed by atoms with E-state index in [0.29, 0.717) is 5.92 Å². The van der Waals surface area contributed by atoms with Crippen molar-refractivity contribution in [1.29, 1.82) is 0 Å². The zero-order chi connectivity index (χ0) is 8.77. The van der Waals surface area contributed by atoms with Crippen LogP contribution in [-0.2, 0) is 0 Å². The lowest BCUT2D eigenvalue weighted by molar-refractivity contribution is 0.445. The van der Waals surface area contributed by atoms with Gasteiger partial charge in [-0.2, -0.15) is 0 Å². The maximum absolute atomic E-state index is 5.92. The Morgan fingerprint density at radius 1 is 1.08 bits per heavy atom. The maximum Gasteiger partial charge on any atom is 0.0620 e. The molecule has 0 bridgehead atoms. The summed E-state index contributed by atoms with van der Waals surface area (Å²) in [4.78, 5) is 0. The summed E-state index contributed by atoms with van der Waals surface area (Å²) in [7, 11) is 11.8. The van der Waals surface area contributed by atoms with Gasteiger partial charge in [0, 0.05) is 0 Å². The summed E-state index contributed by atoms with van der Waals surface area (Å²) in [6.07, 6.45) is 6.87. The lowest BCUT2D eigenvalue weighted by atomic mass is 9.49. The van der Waals surface area contributed by atoms with Crippen molar-refractivity contribution in [2.24, 2.45) is 17.8 Å². The molecule has 2 saturated carbocycles. The summed E-state index contributed by atoms with van der Waals surface area (Å²) in [6, 6.07) is 0. The average Bonchev–Trinajstić information content (AvgIpc) is 2.37. The Bertz CT molecular complexity index is 159. The predicted octanol–water partition coefficient (Wildman–Crippen LogP) is 2.29. The Labute approximate surface area is 78.3 Å². The molecule has 0 aromatic heterocycles. The highest BCUT2D eigenvalue weighted by Crippen LogP contribution is 2.52. The molecule has 2 fully saturated rings. The molecular weight excluding hydrogens is 142 g/mol. The summed E-state index contributed by atoms with van der Waals surface area (Å²) in [5.41, 5.74) is 0. The van der Waals surface area contributed by atoms with E-state index in [9.17, 15) is 0 Å². The standard InChI is InChI=1S/C10H16B2/c1-10(11,12)9-5-7-3-2-4-8(7)6-9/h7-9H,2-6H2,1H3. The minimum Gasteiger partial charge on any atom is -0.0989 e. The molecule has 0 aromatic carbocycles. The quantitative estimate of drug-likeness (QED) is 0.513. The van der Waals surface area contributed by atoms with Crippen molar-refractivity contribution in [2.75, 3.05) is 0 Å². The molecule has 0 amide bonds. The largest absolute Gasteiger partial charge is 0.0989 e. The third-order valence-corrected chi connectivity index (χ3v) is 3.87. The first-order chi connectivity index (χ1) is 5.57. The van der Waals surface area contributed by atoms with Crippen LogP contribution < -0.4 is 0 Å². The molecule has 62 valence electrons. The van der Waals surface area contributed by atoms with Gasteiger partial charge in [0.25, 0.3) is 0 Å². The molecule has 2 aliphatic rings. The third kappa shape index (κ3) is 1.45. The topological polar surface area (TPSA) is 0 Å². The average molecular weight is 158 g/mol. The number of hydrogen-bond acceptors (Lipinski definition) is 0. The van der Waals surface area contributed by atoms with Gasteiger partial charge in [-0.05, 0) is 24.7 Å². The van der Waals surface area contributed by atoms with Crippen LogP contribution >= 0.6 is 0 Å². The van der Waals surface area contributed by atoms with Gasteiger partial charge in [-0.15, -0.1) is 0 Å². The fourth-order valence-electron chi connectivity index (χ4n) is 3.07. The maximum atomic E-state index is 5.92. The van der Waals surface area contributed by atoms with Gasteiger partial charge in [-0.25, -0.2) is 0 Å². The van der Waals surface area contributed by atoms with Crippen LogP contribution in [0.15, 0.2) is 0 Å². The normalized spacial score (nSPS) is 41.6. The third-order valence-electron chi connectivity index (χ3n) is 3.87. The Balaban J connectivity index is 1.99. The molecular formula is C10H16B2. The summed E-state index contributed by atoms with van der Waals surface area (Å²) in [5, 5.41) is -0.426. The highest BCUT2D eigenvalue weighted by atomic mass is 14.4. The molecule has 2 unspecified atom stereocenters. The molecule has 2 aliphatic carbocycles. The molecule has 4 radical (unpaired) electrons. The predicted molar refractivity (Wildman–Crippen MR) is 53.4 cm³/mol. The molecule has 2 rings (SSSR count). The van der Waals surface area contributed by atoms with Crippen molar-refractivity contribution in [3.63, 3.8) is 0 Å². The molecule has 0 saturated heterocycles. The molecule has 12 heavy (non-hydrogen) atoms. The summed E-state index contributed by atoms with van der Waals surface area (Å²) >= 11 is 0. The van der Waals surface area contributed by atoms with Gasteiger partial charge in [-0.3, -0.25) is 0 Å². The van der Waals surface area contributed by atoms with E-state index in [1.165, 1.54) is 32.1 Å². The molecule has 0 nitrogen and oxygen atoms in total. The molecule has 0 aliphatic heterocycles. The van der Waals surface area contributed by atoms with Gasteiger partial charge in [0.15, 0.2) is 0 Å². The van der Waals surface area contributed by atoms with E-state index >= 15 is 0 Å². The zero-order valence-electron chi connectivity index (χ0n) is 7.92. The first kappa shape index (κ1) is 8.72. The van der Waals surface area contributed by atoms with Crippen LogP contribution in [-0.4, -0.2) is 15.7 Å². The molecule has 0 heterocycles. The molecule has 0 aromatic rings. The molecule has 2 heteroatoms. The Hall–Kier alpha value is 0.130. The first-order valence-electron chi connectivity index (χ1n) is 5.15. The number of fused-ring (bicyclic) bond motifs is 1. The van der Waals surface area contributed by atoms with Crippen molar-refractivity contribution in [3.05, 3.63) is 0 Å². The van der Waals surface area contributed by atoms with E-state index in [-0.39, 0.29) is 0 Å². The van der Waals surface area contributed by atoms with E-state index in [4.69, 9.17) is 15.7 Å². The van der Waals surface area contributed by atoms with Crippen LogP contribution in [0.3, 0.4) is 0 Å². The molecule has 2 atom stereocenters. The van der Waals surface area contributed by atoms with Crippen molar-refractivity contribution in [1.82, 2.24) is 0 Å². The van der Waals surface area contributed by atoms with Crippen LogP contribution in [0.25, 0.3) is 0 Å². The van der Waals surface area contributed by atoms with Crippen molar-refractivity contribution in [2.45, 2.75) is 44.2 Å². The van der Waals surface area contributed by atoms with Crippen molar-refractivity contribution in [3.8, 4) is 0 Å². The SMILES string of the molecule is [B]C([B])(C)C1CC2CCCC2C1. The van der Waals surface area contributed by atoms with E-state index in [1.54, 1.807) is 0 Å². The highest BCUT2D eigenvalue weighted by molar-refractivity contribution is 6.39. The van der Waals surface area contributed by atoms with E-state index in [1.807, 2.05) is 6.92 Å². The molecule has 0 spiro atoms. The van der Waals surface area contributed by atoms with Crippen molar-refractivity contribution < 1.29 is 0 Å². The highest BCUT2D eigenvalue weighted by Gasteiger charge is 2.40. The van der Waals surface area contributed by atoms with Gasteiger partial charge >= 0.3 is 0 Å². The Kier molecular flexibility index (Phi) is 2.05. The second-order valence-electron chi connectivity index (χ2n) is 4.99. The number of hydrogen-bond donors (Lipinski definition) is 0. The van der Waals surface area contributed by atoms with Gasteiger partial charge < -0.3 is 0 Å². The Morgan fingerprint density at radius 3 is 2.00 bits per heavy atom. The summed E-state index contributed by atoms with van der Waals surface area (Å²) < 4.78 is 0. The first-order valence-corrected chi connectivity index (χ1v) is 5.15. The van der Waals surface area contributed by atoms with E-state index in [0.717, 1.165) is 11.8 Å². The van der Waals surface area contributed by atoms with Gasteiger partial charge in [0.1, 0.15) is 0 Å². The summed E-state index contributed by atoms with van der Waals surface area (Å²) in [5.74, 6) is 2.50. The smallest absolute Gasteiger partial charge is 0.0620 e. The van der Waals surface area contributed by atoms with Crippen LogP contribution in [0, 0.1) is 17.8 Å². The lowest BCUT2D eigenvalue weighted by Crippen LogP contribution is -2.19. The van der Waals surface area contributed by atoms with Crippen LogP contribution in [0.2, 0.25) is 5.21 Å². The minimum atomic E-state index is -0.426. The van der Waals surface area contributed by atoms with Gasteiger partial charge in [0.05, 0.1) is 15.7 Å².